The Bertz CT molecular complexity index is 1340. The van der Waals surface area contributed by atoms with Crippen LogP contribution in [0, 0.1) is 11.7 Å². The summed E-state index contributed by atoms with van der Waals surface area (Å²) in [6.45, 7) is 9.00. The molecule has 0 aliphatic heterocycles. The van der Waals surface area contributed by atoms with E-state index in [2.05, 4.69) is 45.0 Å². The van der Waals surface area contributed by atoms with Crippen molar-refractivity contribution in [3.63, 3.8) is 0 Å². The van der Waals surface area contributed by atoms with Crippen LogP contribution in [-0.4, -0.2) is 19.7 Å². The highest BCUT2D eigenvalue weighted by Crippen LogP contribution is 2.62. The molecular weight excluding hydrogens is 467 g/mol. The third-order valence-electron chi connectivity index (χ3n) is 7.87. The van der Waals surface area contributed by atoms with E-state index in [-0.39, 0.29) is 28.5 Å². The summed E-state index contributed by atoms with van der Waals surface area (Å²) in [6.07, 6.45) is 2.82. The molecule has 1 spiro atoms. The summed E-state index contributed by atoms with van der Waals surface area (Å²) in [6, 6.07) is 17.2. The molecule has 0 amide bonds. The van der Waals surface area contributed by atoms with E-state index in [1.807, 2.05) is 19.1 Å². The van der Waals surface area contributed by atoms with Gasteiger partial charge in [0.05, 0.1) is 19.6 Å². The number of esters is 1. The van der Waals surface area contributed by atoms with Gasteiger partial charge in [0.1, 0.15) is 23.9 Å². The lowest BCUT2D eigenvalue weighted by molar-refractivity contribution is -0.145. The van der Waals surface area contributed by atoms with Crippen molar-refractivity contribution in [2.24, 2.45) is 5.92 Å². The minimum atomic E-state index is -0.283. The Balaban J connectivity index is 1.40. The van der Waals surface area contributed by atoms with Crippen LogP contribution in [0.4, 0.5) is 4.39 Å². The summed E-state index contributed by atoms with van der Waals surface area (Å²) in [5.74, 6) is 0.982. The van der Waals surface area contributed by atoms with E-state index in [4.69, 9.17) is 14.2 Å². The lowest BCUT2D eigenvalue weighted by Crippen LogP contribution is -2.15. The van der Waals surface area contributed by atoms with Crippen LogP contribution in [0.25, 0.3) is 11.1 Å². The quantitative estimate of drug-likeness (QED) is 0.322. The molecule has 3 aromatic rings. The lowest BCUT2D eigenvalue weighted by atomic mass is 9.81. The topological polar surface area (TPSA) is 44.8 Å². The van der Waals surface area contributed by atoms with Crippen molar-refractivity contribution in [3.05, 3.63) is 82.7 Å². The number of halogens is 1. The normalized spacial score (nSPS) is 20.0. The molecule has 0 unspecified atom stereocenters. The largest absolute Gasteiger partial charge is 0.497 e. The zero-order valence-electron chi connectivity index (χ0n) is 22.3. The molecule has 0 aromatic heterocycles. The number of hydrogen-bond donors (Lipinski definition) is 0. The Hall–Kier alpha value is -3.34. The van der Waals surface area contributed by atoms with E-state index in [1.54, 1.807) is 19.2 Å². The number of fused-ring (bicyclic) bond motifs is 2. The van der Waals surface area contributed by atoms with Crippen LogP contribution in [0.15, 0.2) is 54.6 Å². The van der Waals surface area contributed by atoms with Crippen molar-refractivity contribution in [1.29, 1.82) is 0 Å². The summed E-state index contributed by atoms with van der Waals surface area (Å²) in [4.78, 5) is 12.4. The second-order valence-electron chi connectivity index (χ2n) is 11.2. The number of ether oxygens (including phenoxy) is 3. The van der Waals surface area contributed by atoms with Crippen molar-refractivity contribution in [2.75, 3.05) is 13.7 Å². The SMILES string of the molecule is CCOC(=O)[C@H]1C[C@]12CCc1ccc(OCc3ccc(C(C)(C)C)c(-c4cc(OC)ccc4F)c3)cc12. The highest BCUT2D eigenvalue weighted by molar-refractivity contribution is 5.80. The number of carbonyl (C=O) groups is 1. The maximum atomic E-state index is 15.0. The average Bonchev–Trinajstić information content (AvgIpc) is 3.51. The fourth-order valence-corrected chi connectivity index (χ4v) is 5.81. The predicted molar refractivity (Wildman–Crippen MR) is 143 cm³/mol. The minimum absolute atomic E-state index is 0.0470. The second kappa shape index (κ2) is 9.51. The Morgan fingerprint density at radius 2 is 1.81 bits per heavy atom. The molecule has 2 aliphatic rings. The average molecular weight is 503 g/mol. The van der Waals surface area contributed by atoms with E-state index in [0.29, 0.717) is 24.5 Å². The first-order chi connectivity index (χ1) is 17.7. The van der Waals surface area contributed by atoms with Crippen LogP contribution >= 0.6 is 0 Å². The third kappa shape index (κ3) is 4.72. The molecule has 2 atom stereocenters. The second-order valence-corrected chi connectivity index (χ2v) is 11.2. The van der Waals surface area contributed by atoms with E-state index in [0.717, 1.165) is 41.7 Å². The molecule has 0 bridgehead atoms. The molecule has 0 radical (unpaired) electrons. The van der Waals surface area contributed by atoms with E-state index < -0.39 is 0 Å². The summed E-state index contributed by atoms with van der Waals surface area (Å²) in [5, 5.41) is 0. The van der Waals surface area contributed by atoms with Crippen molar-refractivity contribution >= 4 is 5.97 Å². The first kappa shape index (κ1) is 25.3. The molecule has 4 nitrogen and oxygen atoms in total. The van der Waals surface area contributed by atoms with Gasteiger partial charge >= 0.3 is 5.97 Å². The molecule has 0 N–H and O–H groups in total. The Morgan fingerprint density at radius 3 is 2.54 bits per heavy atom. The van der Waals surface area contributed by atoms with Gasteiger partial charge in [-0.15, -0.1) is 0 Å². The fourth-order valence-electron chi connectivity index (χ4n) is 5.81. The van der Waals surface area contributed by atoms with Crippen molar-refractivity contribution in [1.82, 2.24) is 0 Å². The van der Waals surface area contributed by atoms with Gasteiger partial charge in [0.2, 0.25) is 0 Å². The molecule has 2 aliphatic carbocycles. The molecule has 0 heterocycles. The number of benzene rings is 3. The maximum absolute atomic E-state index is 15.0. The fraction of sp³-hybridized carbons (Fsp3) is 0.406. The van der Waals surface area contributed by atoms with Gasteiger partial charge in [-0.05, 0) is 95.8 Å². The van der Waals surface area contributed by atoms with Gasteiger partial charge in [-0.2, -0.15) is 0 Å². The van der Waals surface area contributed by atoms with Gasteiger partial charge in [-0.25, -0.2) is 4.39 Å². The Kier molecular flexibility index (Phi) is 6.51. The smallest absolute Gasteiger partial charge is 0.309 e. The van der Waals surface area contributed by atoms with Gasteiger partial charge in [-0.1, -0.05) is 39.0 Å². The highest BCUT2D eigenvalue weighted by atomic mass is 19.1. The van der Waals surface area contributed by atoms with E-state index >= 15 is 0 Å². The first-order valence-corrected chi connectivity index (χ1v) is 13.1. The van der Waals surface area contributed by atoms with Gasteiger partial charge in [0.15, 0.2) is 0 Å². The summed E-state index contributed by atoms with van der Waals surface area (Å²) in [7, 11) is 1.59. The Morgan fingerprint density at radius 1 is 1.03 bits per heavy atom. The van der Waals surface area contributed by atoms with Crippen LogP contribution in [0.1, 0.15) is 62.8 Å². The third-order valence-corrected chi connectivity index (χ3v) is 7.87. The number of aryl methyl sites for hydroxylation is 1. The van der Waals surface area contributed by atoms with Gasteiger partial charge in [0.25, 0.3) is 0 Å². The lowest BCUT2D eigenvalue weighted by Gasteiger charge is -2.24. The maximum Gasteiger partial charge on any atom is 0.309 e. The number of carbonyl (C=O) groups excluding carboxylic acids is 1. The molecule has 5 rings (SSSR count). The van der Waals surface area contributed by atoms with Crippen LogP contribution in [0.3, 0.4) is 0 Å². The van der Waals surface area contributed by atoms with E-state index in [1.165, 1.54) is 17.2 Å². The summed E-state index contributed by atoms with van der Waals surface area (Å²) < 4.78 is 31.9. The Labute approximate surface area is 218 Å². The molecule has 0 saturated heterocycles. The molecule has 5 heteroatoms. The number of hydrogen-bond acceptors (Lipinski definition) is 4. The van der Waals surface area contributed by atoms with Crippen LogP contribution in [0.2, 0.25) is 0 Å². The zero-order valence-corrected chi connectivity index (χ0v) is 22.3. The molecule has 1 saturated carbocycles. The highest BCUT2D eigenvalue weighted by Gasteiger charge is 2.62. The minimum Gasteiger partial charge on any atom is -0.497 e. The van der Waals surface area contributed by atoms with Gasteiger partial charge in [0, 0.05) is 11.0 Å². The monoisotopic (exact) mass is 502 g/mol. The van der Waals surface area contributed by atoms with Crippen molar-refractivity contribution in [2.45, 2.75) is 64.4 Å². The first-order valence-electron chi connectivity index (χ1n) is 13.1. The van der Waals surface area contributed by atoms with Gasteiger partial charge < -0.3 is 14.2 Å². The molecule has 3 aromatic carbocycles. The standard InChI is InChI=1S/C32H35FO4/c1-6-36-30(34)28-18-32(28)14-13-21-8-9-23(17-27(21)32)37-19-20-7-11-26(31(2,3)4)24(15-20)25-16-22(35-5)10-12-29(25)33/h7-12,15-17,28H,6,13-14,18-19H2,1-5H3/t28-,32+/m1/s1. The summed E-state index contributed by atoms with van der Waals surface area (Å²) in [5.41, 5.74) is 5.63. The summed E-state index contributed by atoms with van der Waals surface area (Å²) >= 11 is 0. The molecule has 194 valence electrons. The van der Waals surface area contributed by atoms with Crippen molar-refractivity contribution in [3.8, 4) is 22.6 Å². The zero-order chi connectivity index (χ0) is 26.4. The molecule has 37 heavy (non-hydrogen) atoms. The van der Waals surface area contributed by atoms with Crippen LogP contribution < -0.4 is 9.47 Å². The van der Waals surface area contributed by atoms with E-state index in [9.17, 15) is 9.18 Å². The number of rotatable bonds is 7. The molecule has 1 fully saturated rings. The van der Waals surface area contributed by atoms with Gasteiger partial charge in [-0.3, -0.25) is 4.79 Å². The van der Waals surface area contributed by atoms with Crippen LogP contribution in [-0.2, 0) is 33.4 Å². The van der Waals surface area contributed by atoms with Crippen LogP contribution in [0.5, 0.6) is 11.5 Å². The van der Waals surface area contributed by atoms with Crippen molar-refractivity contribution < 1.29 is 23.4 Å². The number of methoxy groups -OCH3 is 1. The predicted octanol–water partition coefficient (Wildman–Crippen LogP) is 7.14. The molecular formula is C32H35FO4.